The molecule has 0 aliphatic rings. The highest BCUT2D eigenvalue weighted by Crippen LogP contribution is 2.44. The number of para-hydroxylation sites is 2. The zero-order chi connectivity index (χ0) is 38.9. The number of benzene rings is 10. The van der Waals surface area contributed by atoms with E-state index >= 15 is 0 Å². The molecule has 0 radical (unpaired) electrons. The number of fused-ring (bicyclic) bond motifs is 9. The van der Waals surface area contributed by atoms with Crippen molar-refractivity contribution in [3.63, 3.8) is 0 Å². The fourth-order valence-corrected chi connectivity index (χ4v) is 8.99. The maximum Gasteiger partial charge on any atom is 0.143 e. The van der Waals surface area contributed by atoms with Crippen LogP contribution in [0.2, 0.25) is 0 Å². The van der Waals surface area contributed by atoms with Gasteiger partial charge in [-0.15, -0.1) is 0 Å². The average molecular weight is 754 g/mol. The smallest absolute Gasteiger partial charge is 0.143 e. The van der Waals surface area contributed by atoms with Gasteiger partial charge in [-0.3, -0.25) is 0 Å². The van der Waals surface area contributed by atoms with Gasteiger partial charge in [0.05, 0.1) is 5.69 Å². The van der Waals surface area contributed by atoms with Gasteiger partial charge in [0.1, 0.15) is 22.3 Å². The van der Waals surface area contributed by atoms with Crippen molar-refractivity contribution in [1.29, 1.82) is 0 Å². The molecule has 276 valence electrons. The van der Waals surface area contributed by atoms with Crippen molar-refractivity contribution in [2.75, 3.05) is 4.90 Å². The van der Waals surface area contributed by atoms with Gasteiger partial charge < -0.3 is 13.7 Å². The van der Waals surface area contributed by atoms with Crippen LogP contribution in [0.4, 0.5) is 17.1 Å². The Kier molecular flexibility index (Phi) is 7.54. The molecule has 0 unspecified atom stereocenters. The van der Waals surface area contributed by atoms with Crippen molar-refractivity contribution in [1.82, 2.24) is 0 Å². The molecule has 0 amide bonds. The minimum atomic E-state index is 0.884. The fraction of sp³-hybridized carbons (Fsp3) is 0. The zero-order valence-corrected chi connectivity index (χ0v) is 32.0. The second kappa shape index (κ2) is 13.4. The van der Waals surface area contributed by atoms with Crippen molar-refractivity contribution < 1.29 is 8.83 Å². The lowest BCUT2D eigenvalue weighted by Gasteiger charge is -2.28. The number of hydrogen-bond donors (Lipinski definition) is 0. The van der Waals surface area contributed by atoms with Gasteiger partial charge in [-0.25, -0.2) is 0 Å². The highest BCUT2D eigenvalue weighted by atomic mass is 16.3. The number of nitrogens with zero attached hydrogens (tertiary/aromatic N) is 1. The van der Waals surface area contributed by atoms with Gasteiger partial charge in [0.2, 0.25) is 0 Å². The molecule has 0 atom stereocenters. The summed E-state index contributed by atoms with van der Waals surface area (Å²) < 4.78 is 12.8. The topological polar surface area (TPSA) is 29.5 Å². The van der Waals surface area contributed by atoms with Crippen LogP contribution in [0, 0.1) is 0 Å². The molecule has 0 fully saturated rings. The molecule has 0 saturated carbocycles. The third kappa shape index (κ3) is 5.51. The Balaban J connectivity index is 0.990. The Morgan fingerprint density at radius 1 is 0.288 bits per heavy atom. The van der Waals surface area contributed by atoms with Crippen LogP contribution >= 0.6 is 0 Å². The zero-order valence-electron chi connectivity index (χ0n) is 32.0. The van der Waals surface area contributed by atoms with Crippen molar-refractivity contribution >= 4 is 82.5 Å². The van der Waals surface area contributed by atoms with E-state index in [1.807, 2.05) is 12.1 Å². The van der Waals surface area contributed by atoms with Crippen molar-refractivity contribution in [3.8, 4) is 33.4 Å². The van der Waals surface area contributed by atoms with E-state index in [2.05, 4.69) is 205 Å². The SMILES string of the molecule is c1ccc(N(c2ccc(-c3ccc4c(c3)oc3ccccc34)cc2)c2ccc(-c3cccc4ccccc34)cc2)c(-c2ccc3oc4c5ccccc5ccc4c3c2)c1. The van der Waals surface area contributed by atoms with Gasteiger partial charge in [0.15, 0.2) is 0 Å². The molecule has 0 aliphatic carbocycles. The first kappa shape index (κ1) is 33.3. The summed E-state index contributed by atoms with van der Waals surface area (Å²) >= 11 is 0. The molecule has 59 heavy (non-hydrogen) atoms. The molecule has 0 bridgehead atoms. The lowest BCUT2D eigenvalue weighted by Crippen LogP contribution is -2.11. The third-order valence-electron chi connectivity index (χ3n) is 11.9. The van der Waals surface area contributed by atoms with Crippen molar-refractivity contribution in [3.05, 3.63) is 212 Å². The first-order valence-electron chi connectivity index (χ1n) is 20.1. The molecule has 0 aliphatic heterocycles. The molecule has 2 heterocycles. The van der Waals surface area contributed by atoms with Gasteiger partial charge in [-0.1, -0.05) is 146 Å². The van der Waals surface area contributed by atoms with E-state index in [1.165, 1.54) is 27.3 Å². The average Bonchev–Trinajstić information content (AvgIpc) is 3.88. The quantitative estimate of drug-likeness (QED) is 0.169. The van der Waals surface area contributed by atoms with Crippen LogP contribution in [-0.2, 0) is 0 Å². The summed E-state index contributed by atoms with van der Waals surface area (Å²) in [5.41, 5.74) is 13.7. The number of rotatable bonds is 6. The monoisotopic (exact) mass is 753 g/mol. The Morgan fingerprint density at radius 3 is 1.69 bits per heavy atom. The van der Waals surface area contributed by atoms with Gasteiger partial charge in [-0.2, -0.15) is 0 Å². The van der Waals surface area contributed by atoms with Gasteiger partial charge in [-0.05, 0) is 111 Å². The fourth-order valence-electron chi connectivity index (χ4n) is 8.99. The molecule has 0 N–H and O–H groups in total. The van der Waals surface area contributed by atoms with Crippen LogP contribution in [0.1, 0.15) is 0 Å². The van der Waals surface area contributed by atoms with Crippen LogP contribution < -0.4 is 4.90 Å². The summed E-state index contributed by atoms with van der Waals surface area (Å²) in [5.74, 6) is 0. The Hall–Kier alpha value is -7.88. The summed E-state index contributed by atoms with van der Waals surface area (Å²) in [5, 5.41) is 9.28. The van der Waals surface area contributed by atoms with Crippen LogP contribution in [0.3, 0.4) is 0 Å². The Labute approximate surface area is 340 Å². The number of furan rings is 2. The first-order chi connectivity index (χ1) is 29.2. The summed E-state index contributed by atoms with van der Waals surface area (Å²) in [7, 11) is 0. The summed E-state index contributed by atoms with van der Waals surface area (Å²) in [4.78, 5) is 2.37. The second-order valence-electron chi connectivity index (χ2n) is 15.3. The standard InChI is InChI=1S/C56H35NO2/c1-3-13-44-37(10-1)12-9-17-45(44)39-22-29-43(30-23-39)57(42-27-20-36(21-28-42)40-25-31-49-48-16-6-8-19-53(48)58-55(49)35-40)52-18-7-5-14-46(52)41-26-33-54-51(34-41)50-32-24-38-11-2-4-15-47(38)56(50)59-54/h1-35H. The largest absolute Gasteiger partial charge is 0.456 e. The normalized spacial score (nSPS) is 11.7. The van der Waals surface area contributed by atoms with Crippen molar-refractivity contribution in [2.45, 2.75) is 0 Å². The molecule has 2 aromatic heterocycles. The first-order valence-corrected chi connectivity index (χ1v) is 20.1. The Bertz CT molecular complexity index is 3550. The molecule has 0 spiro atoms. The van der Waals surface area contributed by atoms with Crippen LogP contribution in [-0.4, -0.2) is 0 Å². The summed E-state index contributed by atoms with van der Waals surface area (Å²) in [6.07, 6.45) is 0. The van der Waals surface area contributed by atoms with E-state index in [4.69, 9.17) is 8.83 Å². The molecule has 3 nitrogen and oxygen atoms in total. The molecule has 10 aromatic carbocycles. The van der Waals surface area contributed by atoms with Crippen LogP contribution in [0.25, 0.3) is 98.8 Å². The summed E-state index contributed by atoms with van der Waals surface area (Å²) in [6.45, 7) is 0. The Morgan fingerprint density at radius 2 is 0.864 bits per heavy atom. The molecule has 12 rings (SSSR count). The minimum absolute atomic E-state index is 0.884. The van der Waals surface area contributed by atoms with Gasteiger partial charge >= 0.3 is 0 Å². The van der Waals surface area contributed by atoms with E-state index in [9.17, 15) is 0 Å². The molecule has 12 aromatic rings. The minimum Gasteiger partial charge on any atom is -0.456 e. The third-order valence-corrected chi connectivity index (χ3v) is 11.9. The molecule has 3 heteroatoms. The molecular weight excluding hydrogens is 719 g/mol. The molecular formula is C56H35NO2. The maximum absolute atomic E-state index is 6.52. The van der Waals surface area contributed by atoms with Crippen molar-refractivity contribution in [2.24, 2.45) is 0 Å². The highest BCUT2D eigenvalue weighted by Gasteiger charge is 2.20. The van der Waals surface area contributed by atoms with Crippen LogP contribution in [0.5, 0.6) is 0 Å². The van der Waals surface area contributed by atoms with Gasteiger partial charge in [0, 0.05) is 43.9 Å². The highest BCUT2D eigenvalue weighted by molar-refractivity contribution is 6.16. The van der Waals surface area contributed by atoms with E-state index in [-0.39, 0.29) is 0 Å². The lowest BCUT2D eigenvalue weighted by molar-refractivity contribution is 0.669. The molecule has 0 saturated heterocycles. The van der Waals surface area contributed by atoms with Crippen LogP contribution in [0.15, 0.2) is 221 Å². The predicted molar refractivity (Wildman–Crippen MR) is 247 cm³/mol. The number of hydrogen-bond acceptors (Lipinski definition) is 3. The number of anilines is 3. The second-order valence-corrected chi connectivity index (χ2v) is 15.3. The van der Waals surface area contributed by atoms with E-state index in [0.29, 0.717) is 0 Å². The van der Waals surface area contributed by atoms with E-state index in [0.717, 1.165) is 88.6 Å². The predicted octanol–water partition coefficient (Wildman–Crippen LogP) is 16.3. The maximum atomic E-state index is 6.52. The van der Waals surface area contributed by atoms with E-state index < -0.39 is 0 Å². The van der Waals surface area contributed by atoms with E-state index in [1.54, 1.807) is 0 Å². The summed E-state index contributed by atoms with van der Waals surface area (Å²) in [6, 6.07) is 75.9. The van der Waals surface area contributed by atoms with Gasteiger partial charge in [0.25, 0.3) is 0 Å². The lowest BCUT2D eigenvalue weighted by atomic mass is 9.97.